The zero-order valence-corrected chi connectivity index (χ0v) is 14.5. The molecule has 2 amide bonds. The van der Waals surface area contributed by atoms with Gasteiger partial charge >= 0.3 is 0 Å². The van der Waals surface area contributed by atoms with Crippen molar-refractivity contribution in [2.24, 2.45) is 0 Å². The molecule has 3 rings (SSSR count). The highest BCUT2D eigenvalue weighted by molar-refractivity contribution is 6.05. The first-order valence-corrected chi connectivity index (χ1v) is 8.51. The van der Waals surface area contributed by atoms with Crippen molar-refractivity contribution in [3.8, 4) is 5.75 Å². The van der Waals surface area contributed by atoms with Crippen LogP contribution in [0.1, 0.15) is 37.0 Å². The Morgan fingerprint density at radius 1 is 1.16 bits per heavy atom. The van der Waals surface area contributed by atoms with E-state index < -0.39 is 0 Å². The van der Waals surface area contributed by atoms with Crippen LogP contribution >= 0.6 is 0 Å². The first kappa shape index (κ1) is 17.0. The third kappa shape index (κ3) is 4.18. The fraction of sp³-hybridized carbons (Fsp3) is 0.300. The lowest BCUT2D eigenvalue weighted by Gasteiger charge is -2.16. The van der Waals surface area contributed by atoms with Crippen LogP contribution in [-0.2, 0) is 4.79 Å². The minimum atomic E-state index is -0.203. The van der Waals surface area contributed by atoms with Crippen molar-refractivity contribution in [1.29, 1.82) is 0 Å². The predicted molar refractivity (Wildman–Crippen MR) is 98.2 cm³/mol. The van der Waals surface area contributed by atoms with Crippen LogP contribution in [0.5, 0.6) is 5.75 Å². The van der Waals surface area contributed by atoms with E-state index in [0.717, 1.165) is 17.9 Å². The molecule has 1 heterocycles. The SMILES string of the molecule is CC(C)Oc1ccc(NC(=O)c2cccc(N3CCCC3=O)c2)cc1. The van der Waals surface area contributed by atoms with E-state index in [2.05, 4.69) is 5.32 Å². The summed E-state index contributed by atoms with van der Waals surface area (Å²) in [6, 6.07) is 14.4. The number of hydrogen-bond acceptors (Lipinski definition) is 3. The molecule has 0 bridgehead atoms. The lowest BCUT2D eigenvalue weighted by Crippen LogP contribution is -2.24. The second-order valence-corrected chi connectivity index (χ2v) is 6.34. The Bertz CT molecular complexity index is 769. The summed E-state index contributed by atoms with van der Waals surface area (Å²) >= 11 is 0. The maximum absolute atomic E-state index is 12.5. The molecule has 0 atom stereocenters. The van der Waals surface area contributed by atoms with Crippen LogP contribution in [0, 0.1) is 0 Å². The molecule has 0 saturated carbocycles. The Labute approximate surface area is 147 Å². The summed E-state index contributed by atoms with van der Waals surface area (Å²) in [5.41, 5.74) is 2.00. The van der Waals surface area contributed by atoms with Gasteiger partial charge in [0.25, 0.3) is 5.91 Å². The van der Waals surface area contributed by atoms with Gasteiger partial charge in [-0.2, -0.15) is 0 Å². The molecule has 5 heteroatoms. The summed E-state index contributed by atoms with van der Waals surface area (Å²) in [6.07, 6.45) is 1.54. The number of nitrogens with zero attached hydrogens (tertiary/aromatic N) is 1. The van der Waals surface area contributed by atoms with Crippen molar-refractivity contribution < 1.29 is 14.3 Å². The van der Waals surface area contributed by atoms with Crippen molar-refractivity contribution in [2.45, 2.75) is 32.8 Å². The number of carbonyl (C=O) groups excluding carboxylic acids is 2. The minimum Gasteiger partial charge on any atom is -0.491 e. The van der Waals surface area contributed by atoms with E-state index in [0.29, 0.717) is 24.2 Å². The Balaban J connectivity index is 1.70. The van der Waals surface area contributed by atoms with E-state index >= 15 is 0 Å². The maximum atomic E-state index is 12.5. The van der Waals surface area contributed by atoms with Crippen LogP contribution in [0.2, 0.25) is 0 Å². The molecule has 2 aromatic rings. The van der Waals surface area contributed by atoms with Gasteiger partial charge in [0.05, 0.1) is 6.10 Å². The van der Waals surface area contributed by atoms with Crippen molar-refractivity contribution in [3.63, 3.8) is 0 Å². The molecular weight excluding hydrogens is 316 g/mol. The van der Waals surface area contributed by atoms with E-state index in [1.165, 1.54) is 0 Å². The van der Waals surface area contributed by atoms with Crippen LogP contribution in [0.15, 0.2) is 48.5 Å². The number of carbonyl (C=O) groups is 2. The second-order valence-electron chi connectivity index (χ2n) is 6.34. The molecule has 1 aliphatic rings. The molecule has 2 aromatic carbocycles. The van der Waals surface area contributed by atoms with E-state index in [9.17, 15) is 9.59 Å². The van der Waals surface area contributed by atoms with Gasteiger partial charge in [-0.1, -0.05) is 6.07 Å². The molecule has 0 aromatic heterocycles. The molecule has 0 aliphatic carbocycles. The number of nitrogens with one attached hydrogen (secondary N) is 1. The van der Waals surface area contributed by atoms with Gasteiger partial charge in [-0.3, -0.25) is 9.59 Å². The van der Waals surface area contributed by atoms with Gasteiger partial charge in [-0.05, 0) is 62.7 Å². The summed E-state index contributed by atoms with van der Waals surface area (Å²) in [6.45, 7) is 4.64. The summed E-state index contributed by atoms with van der Waals surface area (Å²) in [4.78, 5) is 26.1. The molecule has 1 N–H and O–H groups in total. The summed E-state index contributed by atoms with van der Waals surface area (Å²) in [5, 5.41) is 2.87. The highest BCUT2D eigenvalue weighted by Gasteiger charge is 2.22. The van der Waals surface area contributed by atoms with Gasteiger partial charge in [0.2, 0.25) is 5.91 Å². The zero-order chi connectivity index (χ0) is 17.8. The first-order chi connectivity index (χ1) is 12.0. The molecule has 0 spiro atoms. The normalized spacial score (nSPS) is 14.0. The molecule has 130 valence electrons. The summed E-state index contributed by atoms with van der Waals surface area (Å²) in [7, 11) is 0. The van der Waals surface area contributed by atoms with Crippen LogP contribution in [0.4, 0.5) is 11.4 Å². The van der Waals surface area contributed by atoms with Gasteiger partial charge in [0, 0.05) is 29.9 Å². The highest BCUT2D eigenvalue weighted by atomic mass is 16.5. The van der Waals surface area contributed by atoms with Gasteiger partial charge < -0.3 is 15.0 Å². The number of amides is 2. The number of ether oxygens (including phenoxy) is 1. The van der Waals surface area contributed by atoms with Gasteiger partial charge in [0.1, 0.15) is 5.75 Å². The molecule has 1 aliphatic heterocycles. The molecule has 0 unspecified atom stereocenters. The Morgan fingerprint density at radius 3 is 2.56 bits per heavy atom. The molecule has 25 heavy (non-hydrogen) atoms. The monoisotopic (exact) mass is 338 g/mol. The van der Waals surface area contributed by atoms with E-state index in [-0.39, 0.29) is 17.9 Å². The largest absolute Gasteiger partial charge is 0.491 e. The smallest absolute Gasteiger partial charge is 0.255 e. The fourth-order valence-electron chi connectivity index (χ4n) is 2.83. The molecule has 0 radical (unpaired) electrons. The lowest BCUT2D eigenvalue weighted by molar-refractivity contribution is -0.117. The molecule has 5 nitrogen and oxygen atoms in total. The van der Waals surface area contributed by atoms with Crippen molar-refractivity contribution >= 4 is 23.2 Å². The average molecular weight is 338 g/mol. The first-order valence-electron chi connectivity index (χ1n) is 8.51. The molecule has 1 saturated heterocycles. The summed E-state index contributed by atoms with van der Waals surface area (Å²) in [5.74, 6) is 0.673. The number of benzene rings is 2. The predicted octanol–water partition coefficient (Wildman–Crippen LogP) is 3.85. The minimum absolute atomic E-state index is 0.108. The Hall–Kier alpha value is -2.82. The third-order valence-electron chi connectivity index (χ3n) is 3.98. The topological polar surface area (TPSA) is 58.6 Å². The highest BCUT2D eigenvalue weighted by Crippen LogP contribution is 2.23. The maximum Gasteiger partial charge on any atom is 0.255 e. The van der Waals surface area contributed by atoms with Crippen LogP contribution in [0.25, 0.3) is 0 Å². The Morgan fingerprint density at radius 2 is 1.92 bits per heavy atom. The number of hydrogen-bond donors (Lipinski definition) is 1. The van der Waals surface area contributed by atoms with Crippen LogP contribution in [0.3, 0.4) is 0 Å². The lowest BCUT2D eigenvalue weighted by atomic mass is 10.1. The van der Waals surface area contributed by atoms with Gasteiger partial charge in [0.15, 0.2) is 0 Å². The van der Waals surface area contributed by atoms with Gasteiger partial charge in [-0.15, -0.1) is 0 Å². The van der Waals surface area contributed by atoms with E-state index in [1.54, 1.807) is 23.1 Å². The molecular formula is C20H22N2O3. The fourth-order valence-corrected chi connectivity index (χ4v) is 2.83. The van der Waals surface area contributed by atoms with E-state index in [1.807, 2.05) is 44.2 Å². The summed E-state index contributed by atoms with van der Waals surface area (Å²) < 4.78 is 5.59. The Kier molecular flexibility index (Phi) is 5.03. The standard InChI is InChI=1S/C20H22N2O3/c1-14(2)25-18-10-8-16(9-11-18)21-20(24)15-5-3-6-17(13-15)22-12-4-7-19(22)23/h3,5-6,8-11,13-14H,4,7,12H2,1-2H3,(H,21,24). The second kappa shape index (κ2) is 7.38. The quantitative estimate of drug-likeness (QED) is 0.901. The van der Waals surface area contributed by atoms with Crippen LogP contribution < -0.4 is 15.0 Å². The third-order valence-corrected chi connectivity index (χ3v) is 3.98. The zero-order valence-electron chi connectivity index (χ0n) is 14.5. The van der Waals surface area contributed by atoms with Crippen molar-refractivity contribution in [1.82, 2.24) is 0 Å². The van der Waals surface area contributed by atoms with Crippen LogP contribution in [-0.4, -0.2) is 24.5 Å². The molecule has 1 fully saturated rings. The number of rotatable bonds is 5. The van der Waals surface area contributed by atoms with Crippen molar-refractivity contribution in [2.75, 3.05) is 16.8 Å². The van der Waals surface area contributed by atoms with E-state index in [4.69, 9.17) is 4.74 Å². The number of anilines is 2. The average Bonchev–Trinajstić information content (AvgIpc) is 3.02. The van der Waals surface area contributed by atoms with Gasteiger partial charge in [-0.25, -0.2) is 0 Å². The van der Waals surface area contributed by atoms with Crippen molar-refractivity contribution in [3.05, 3.63) is 54.1 Å².